The lowest BCUT2D eigenvalue weighted by atomic mass is 10.00. The molecule has 10 nitrogen and oxygen atoms in total. The molecule has 1 unspecified atom stereocenters. The molecule has 4 N–H and O–H groups in total. The Morgan fingerprint density at radius 2 is 1.86 bits per heavy atom. The first-order valence-corrected chi connectivity index (χ1v) is 11.8. The highest BCUT2D eigenvalue weighted by atomic mass is 19.1. The van der Waals surface area contributed by atoms with E-state index in [1.165, 1.54) is 0 Å². The van der Waals surface area contributed by atoms with Crippen molar-refractivity contribution in [3.63, 3.8) is 0 Å². The monoisotopic (exact) mass is 509 g/mol. The van der Waals surface area contributed by atoms with Crippen molar-refractivity contribution in [1.82, 2.24) is 20.6 Å². The number of hydrogen-bond donors (Lipinski definition) is 4. The van der Waals surface area contributed by atoms with Crippen LogP contribution in [0.15, 0.2) is 42.5 Å². The lowest BCUT2D eigenvalue weighted by Crippen LogP contribution is -2.41. The Labute approximate surface area is 211 Å². The number of H-pyrrole nitrogens is 1. The SMILES string of the molecule is CC(C(=O)Nc1n[nH]c2c1CN(NC(=O)Nc1ccc(F)cc1F)C2)c1ccc(N2CCCC2=O)cc1. The highest BCUT2D eigenvalue weighted by Crippen LogP contribution is 2.28. The number of urea groups is 1. The van der Waals surface area contributed by atoms with Crippen molar-refractivity contribution in [3.05, 3.63) is 70.9 Å². The number of nitrogens with one attached hydrogen (secondary N) is 4. The zero-order valence-corrected chi connectivity index (χ0v) is 20.0. The van der Waals surface area contributed by atoms with Crippen LogP contribution in [0.2, 0.25) is 0 Å². The average molecular weight is 510 g/mol. The third-order valence-electron chi connectivity index (χ3n) is 6.50. The number of rotatable bonds is 6. The number of hydrazine groups is 1. The zero-order chi connectivity index (χ0) is 26.1. The summed E-state index contributed by atoms with van der Waals surface area (Å²) in [7, 11) is 0. The summed E-state index contributed by atoms with van der Waals surface area (Å²) in [6.07, 6.45) is 1.40. The summed E-state index contributed by atoms with van der Waals surface area (Å²) in [5.41, 5.74) is 5.50. The molecule has 1 saturated heterocycles. The van der Waals surface area contributed by atoms with Gasteiger partial charge in [0.2, 0.25) is 11.8 Å². The van der Waals surface area contributed by atoms with Gasteiger partial charge in [-0.15, -0.1) is 0 Å². The molecule has 1 fully saturated rings. The van der Waals surface area contributed by atoms with Crippen molar-refractivity contribution >= 4 is 35.0 Å². The molecule has 3 heterocycles. The third kappa shape index (κ3) is 5.14. The molecule has 192 valence electrons. The lowest BCUT2D eigenvalue weighted by Gasteiger charge is -2.18. The maximum Gasteiger partial charge on any atom is 0.333 e. The summed E-state index contributed by atoms with van der Waals surface area (Å²) < 4.78 is 26.9. The molecule has 12 heteroatoms. The highest BCUT2D eigenvalue weighted by molar-refractivity contribution is 5.97. The van der Waals surface area contributed by atoms with E-state index in [1.807, 2.05) is 24.3 Å². The smallest absolute Gasteiger partial charge is 0.312 e. The van der Waals surface area contributed by atoms with Gasteiger partial charge in [-0.1, -0.05) is 12.1 Å². The topological polar surface area (TPSA) is 122 Å². The van der Waals surface area contributed by atoms with Gasteiger partial charge in [-0.3, -0.25) is 20.1 Å². The van der Waals surface area contributed by atoms with Crippen LogP contribution in [0.4, 0.5) is 30.8 Å². The molecule has 1 aromatic heterocycles. The molecular formula is C25H25F2N7O3. The molecule has 0 radical (unpaired) electrons. The Balaban J connectivity index is 1.17. The number of amides is 4. The van der Waals surface area contributed by atoms with E-state index in [0.29, 0.717) is 31.4 Å². The Kier molecular flexibility index (Phi) is 6.57. The number of hydrogen-bond acceptors (Lipinski definition) is 5. The largest absolute Gasteiger partial charge is 0.333 e. The van der Waals surface area contributed by atoms with Gasteiger partial charge in [0.15, 0.2) is 5.82 Å². The molecule has 1 atom stereocenters. The van der Waals surface area contributed by atoms with E-state index < -0.39 is 23.6 Å². The van der Waals surface area contributed by atoms with Gasteiger partial charge in [0, 0.05) is 36.8 Å². The summed E-state index contributed by atoms with van der Waals surface area (Å²) in [4.78, 5) is 38.9. The Bertz CT molecular complexity index is 1360. The van der Waals surface area contributed by atoms with E-state index >= 15 is 0 Å². The van der Waals surface area contributed by atoms with Crippen LogP contribution in [0, 0.1) is 11.6 Å². The maximum atomic E-state index is 13.8. The fourth-order valence-electron chi connectivity index (χ4n) is 4.45. The number of halogens is 2. The molecule has 0 spiro atoms. The molecular weight excluding hydrogens is 484 g/mol. The van der Waals surface area contributed by atoms with E-state index in [0.717, 1.165) is 41.1 Å². The molecule has 2 aliphatic rings. The summed E-state index contributed by atoms with van der Waals surface area (Å²) in [5.74, 6) is -1.88. The quantitative estimate of drug-likeness (QED) is 0.404. The van der Waals surface area contributed by atoms with Crippen LogP contribution in [-0.4, -0.2) is 39.6 Å². The van der Waals surface area contributed by atoms with Gasteiger partial charge in [-0.2, -0.15) is 5.10 Å². The van der Waals surface area contributed by atoms with Gasteiger partial charge in [0.1, 0.15) is 11.6 Å². The van der Waals surface area contributed by atoms with E-state index in [4.69, 9.17) is 0 Å². The molecule has 0 saturated carbocycles. The minimum atomic E-state index is -0.885. The van der Waals surface area contributed by atoms with E-state index in [9.17, 15) is 23.2 Å². The van der Waals surface area contributed by atoms with Crippen LogP contribution in [0.5, 0.6) is 0 Å². The number of carbonyl (C=O) groups excluding carboxylic acids is 3. The Morgan fingerprint density at radius 3 is 2.57 bits per heavy atom. The predicted octanol–water partition coefficient (Wildman–Crippen LogP) is 3.61. The van der Waals surface area contributed by atoms with Gasteiger partial charge in [0.05, 0.1) is 23.8 Å². The van der Waals surface area contributed by atoms with Crippen molar-refractivity contribution in [2.24, 2.45) is 0 Å². The number of aromatic amines is 1. The number of anilines is 3. The summed E-state index contributed by atoms with van der Waals surface area (Å²) in [6.45, 7) is 3.04. The summed E-state index contributed by atoms with van der Waals surface area (Å²) in [6, 6.07) is 9.55. The highest BCUT2D eigenvalue weighted by Gasteiger charge is 2.28. The molecule has 3 aromatic rings. The van der Waals surface area contributed by atoms with Crippen molar-refractivity contribution in [3.8, 4) is 0 Å². The Hall–Kier alpha value is -4.32. The number of fused-ring (bicyclic) bond motifs is 1. The predicted molar refractivity (Wildman–Crippen MR) is 131 cm³/mol. The fraction of sp³-hybridized carbons (Fsp3) is 0.280. The minimum Gasteiger partial charge on any atom is -0.312 e. The Morgan fingerprint density at radius 1 is 1.08 bits per heavy atom. The lowest BCUT2D eigenvalue weighted by molar-refractivity contribution is -0.118. The second-order valence-corrected chi connectivity index (χ2v) is 9.03. The summed E-state index contributed by atoms with van der Waals surface area (Å²) in [5, 5.41) is 13.8. The average Bonchev–Trinajstić information content (AvgIpc) is 3.57. The number of aromatic nitrogens is 2. The van der Waals surface area contributed by atoms with Crippen LogP contribution >= 0.6 is 0 Å². The fourth-order valence-corrected chi connectivity index (χ4v) is 4.45. The maximum absolute atomic E-state index is 13.8. The van der Waals surface area contributed by atoms with E-state index in [2.05, 4.69) is 26.3 Å². The molecule has 4 amide bonds. The molecule has 0 bridgehead atoms. The first-order valence-electron chi connectivity index (χ1n) is 11.8. The third-order valence-corrected chi connectivity index (χ3v) is 6.50. The van der Waals surface area contributed by atoms with Gasteiger partial charge < -0.3 is 15.5 Å². The van der Waals surface area contributed by atoms with Gasteiger partial charge in [-0.25, -0.2) is 18.6 Å². The summed E-state index contributed by atoms with van der Waals surface area (Å²) >= 11 is 0. The molecule has 0 aliphatic carbocycles. The molecule has 2 aliphatic heterocycles. The van der Waals surface area contributed by atoms with Crippen LogP contribution < -0.4 is 21.0 Å². The standard InChI is InChI=1S/C25H25F2N7O3/c1-14(15-4-7-17(8-5-15)34-10-2-3-22(34)35)24(36)29-23-18-12-33(13-21(18)30-31-23)32-25(37)28-20-9-6-16(26)11-19(20)27/h4-9,11,14H,2-3,10,12-13H2,1H3,(H2,28,32,37)(H2,29,30,31,36). The first-order chi connectivity index (χ1) is 17.8. The zero-order valence-electron chi connectivity index (χ0n) is 20.0. The van der Waals surface area contributed by atoms with Gasteiger partial charge in [-0.05, 0) is 43.2 Å². The van der Waals surface area contributed by atoms with Crippen molar-refractivity contribution in [2.75, 3.05) is 22.1 Å². The van der Waals surface area contributed by atoms with E-state index in [-0.39, 0.29) is 24.0 Å². The van der Waals surface area contributed by atoms with Gasteiger partial charge in [0.25, 0.3) is 0 Å². The normalized spacial score (nSPS) is 16.0. The molecule has 2 aromatic carbocycles. The molecule has 37 heavy (non-hydrogen) atoms. The van der Waals surface area contributed by atoms with Crippen LogP contribution in [0.1, 0.15) is 42.5 Å². The van der Waals surface area contributed by atoms with Crippen molar-refractivity contribution < 1.29 is 23.2 Å². The van der Waals surface area contributed by atoms with Crippen LogP contribution in [0.25, 0.3) is 0 Å². The van der Waals surface area contributed by atoms with Gasteiger partial charge >= 0.3 is 6.03 Å². The number of carbonyl (C=O) groups is 3. The minimum absolute atomic E-state index is 0.106. The number of nitrogens with zero attached hydrogens (tertiary/aromatic N) is 3. The van der Waals surface area contributed by atoms with Crippen molar-refractivity contribution in [1.29, 1.82) is 0 Å². The number of benzene rings is 2. The van der Waals surface area contributed by atoms with Crippen LogP contribution in [0.3, 0.4) is 0 Å². The van der Waals surface area contributed by atoms with E-state index in [1.54, 1.807) is 16.8 Å². The second kappa shape index (κ2) is 9.97. The second-order valence-electron chi connectivity index (χ2n) is 9.03. The van der Waals surface area contributed by atoms with Crippen molar-refractivity contribution in [2.45, 2.75) is 38.8 Å². The first kappa shape index (κ1) is 24.4. The molecule has 5 rings (SSSR count). The van der Waals surface area contributed by atoms with Crippen LogP contribution in [-0.2, 0) is 22.7 Å².